The number of alkyl halides is 12. The number of hydrogen-bond acceptors (Lipinski definition) is 4. The summed E-state index contributed by atoms with van der Waals surface area (Å²) in [4.78, 5) is 0. The molecule has 0 saturated heterocycles. The predicted molar refractivity (Wildman–Crippen MR) is 115 cm³/mol. The Labute approximate surface area is 215 Å². The van der Waals surface area contributed by atoms with E-state index >= 15 is 0 Å². The quantitative estimate of drug-likeness (QED) is 0.279. The fraction of sp³-hybridized carbons (Fsp3) is 0.455. The summed E-state index contributed by atoms with van der Waals surface area (Å²) in [5.74, 6) is 0. The van der Waals surface area contributed by atoms with Gasteiger partial charge in [0.25, 0.3) is 10.1 Å². The second-order valence-electron chi connectivity index (χ2n) is 8.13. The van der Waals surface area contributed by atoms with E-state index in [4.69, 9.17) is 0 Å². The topological polar surface area (TPSA) is 55.4 Å². The Morgan fingerprint density at radius 2 is 0.897 bits per heavy atom. The fourth-order valence-corrected chi connectivity index (χ4v) is 3.56. The molecule has 4 nitrogen and oxygen atoms in total. The Morgan fingerprint density at radius 1 is 0.615 bits per heavy atom. The van der Waals surface area contributed by atoms with Gasteiger partial charge in [-0.2, -0.15) is 61.1 Å². The van der Waals surface area contributed by atoms with Crippen molar-refractivity contribution in [2.24, 2.45) is 0 Å². The van der Waals surface area contributed by atoms with Crippen LogP contribution < -0.4 is 5.32 Å². The molecule has 0 amide bonds. The molecule has 0 radical (unpaired) electrons. The maximum atomic E-state index is 12.6. The van der Waals surface area contributed by atoms with Gasteiger partial charge in [0, 0.05) is 6.04 Å². The number of hydrogen-bond donors (Lipinski definition) is 1. The molecule has 0 bridgehead atoms. The van der Waals surface area contributed by atoms with Crippen molar-refractivity contribution < 1.29 is 65.3 Å². The summed E-state index contributed by atoms with van der Waals surface area (Å²) in [5.41, 5.74) is -6.25. The van der Waals surface area contributed by atoms with Gasteiger partial charge in [-0.3, -0.25) is 4.18 Å². The van der Waals surface area contributed by atoms with Crippen LogP contribution in [-0.4, -0.2) is 21.7 Å². The van der Waals surface area contributed by atoms with Gasteiger partial charge in [-0.05, 0) is 68.4 Å². The summed E-state index contributed by atoms with van der Waals surface area (Å²) in [5, 5.41) is 2.60. The summed E-state index contributed by atoms with van der Waals surface area (Å²) >= 11 is 0. The van der Waals surface area contributed by atoms with Crippen LogP contribution in [0.15, 0.2) is 36.4 Å². The van der Waals surface area contributed by atoms with E-state index in [1.54, 1.807) is 0 Å². The maximum Gasteiger partial charge on any atom is 0.416 e. The average Bonchev–Trinajstić information content (AvgIpc) is 2.74. The zero-order valence-electron chi connectivity index (χ0n) is 20.3. The van der Waals surface area contributed by atoms with Gasteiger partial charge >= 0.3 is 24.7 Å². The Bertz CT molecular complexity index is 1170. The molecule has 2 aromatic rings. The number of rotatable bonds is 5. The molecule has 2 rings (SSSR count). The minimum atomic E-state index is -5.00. The summed E-state index contributed by atoms with van der Waals surface area (Å²) in [6, 6.07) is 1.75. The van der Waals surface area contributed by atoms with Crippen LogP contribution in [0.5, 0.6) is 0 Å². The zero-order valence-corrected chi connectivity index (χ0v) is 21.1. The Hall–Kier alpha value is -2.53. The highest BCUT2D eigenvalue weighted by atomic mass is 32.2. The first-order valence-corrected chi connectivity index (χ1v) is 12.2. The first kappa shape index (κ1) is 34.5. The molecule has 0 aliphatic rings. The van der Waals surface area contributed by atoms with Gasteiger partial charge in [0.05, 0.1) is 34.6 Å². The Morgan fingerprint density at radius 3 is 1.13 bits per heavy atom. The first-order valence-electron chi connectivity index (χ1n) is 10.4. The van der Waals surface area contributed by atoms with E-state index in [9.17, 15) is 61.1 Å². The third kappa shape index (κ3) is 10.9. The monoisotopic (exact) mass is 607 g/mol. The van der Waals surface area contributed by atoms with Crippen molar-refractivity contribution in [3.63, 3.8) is 0 Å². The van der Waals surface area contributed by atoms with Crippen LogP contribution in [0.2, 0.25) is 0 Å². The highest BCUT2D eigenvalue weighted by Gasteiger charge is 2.38. The van der Waals surface area contributed by atoms with Crippen LogP contribution in [0.3, 0.4) is 0 Å². The standard InChI is InChI=1S/C11H11F6N.C11H10F6O3S/c1-6(18-2)7-3-8(10(12,13)14)5-9(4-7)11(15,16)17;1-6(20-21(2,18)19)7-3-8(10(12,13)14)5-9(4-7)11(15,16)17/h3-6,18H,1-2H3;3-6H,1-2H3/t2*6-/m10/s1. The van der Waals surface area contributed by atoms with Crippen LogP contribution in [0, 0.1) is 0 Å². The molecule has 1 N–H and O–H groups in total. The van der Waals surface area contributed by atoms with Crippen LogP contribution >= 0.6 is 0 Å². The summed E-state index contributed by atoms with van der Waals surface area (Å²) in [6.45, 7) is 2.52. The second-order valence-corrected chi connectivity index (χ2v) is 9.73. The molecule has 17 heteroatoms. The van der Waals surface area contributed by atoms with Crippen molar-refractivity contribution in [1.82, 2.24) is 5.32 Å². The lowest BCUT2D eigenvalue weighted by molar-refractivity contribution is -0.144. The van der Waals surface area contributed by atoms with Crippen molar-refractivity contribution in [1.29, 1.82) is 0 Å². The minimum Gasteiger partial charge on any atom is -0.313 e. The maximum absolute atomic E-state index is 12.6. The lowest BCUT2D eigenvalue weighted by atomic mass is 10.0. The molecule has 0 aliphatic heterocycles. The molecule has 0 aromatic heterocycles. The van der Waals surface area contributed by atoms with Crippen LogP contribution in [-0.2, 0) is 39.0 Å². The van der Waals surface area contributed by atoms with Crippen LogP contribution in [0.1, 0.15) is 59.4 Å². The predicted octanol–water partition coefficient (Wildman–Crippen LogP) is 7.77. The van der Waals surface area contributed by atoms with E-state index in [1.807, 2.05) is 0 Å². The van der Waals surface area contributed by atoms with E-state index in [2.05, 4.69) is 9.50 Å². The molecule has 39 heavy (non-hydrogen) atoms. The summed E-state index contributed by atoms with van der Waals surface area (Å²) < 4.78 is 177. The molecule has 0 saturated carbocycles. The molecule has 0 aliphatic carbocycles. The average molecular weight is 607 g/mol. The zero-order chi connectivity index (χ0) is 30.8. The number of halogens is 12. The fourth-order valence-electron chi connectivity index (χ4n) is 2.93. The van der Waals surface area contributed by atoms with Gasteiger partial charge in [0.2, 0.25) is 0 Å². The van der Waals surface area contributed by atoms with Gasteiger partial charge in [0.1, 0.15) is 0 Å². The van der Waals surface area contributed by atoms with Gasteiger partial charge in [-0.25, -0.2) is 0 Å². The highest BCUT2D eigenvalue weighted by Crippen LogP contribution is 2.39. The normalized spacial score (nSPS) is 14.9. The molecule has 0 spiro atoms. The van der Waals surface area contributed by atoms with Crippen molar-refractivity contribution >= 4 is 10.1 Å². The number of benzene rings is 2. The van der Waals surface area contributed by atoms with E-state index in [1.165, 1.54) is 14.0 Å². The van der Waals surface area contributed by atoms with E-state index in [0.717, 1.165) is 19.1 Å². The van der Waals surface area contributed by atoms with Crippen molar-refractivity contribution in [2.75, 3.05) is 13.3 Å². The third-order valence-corrected chi connectivity index (χ3v) is 5.58. The first-order chi connectivity index (χ1) is 17.3. The van der Waals surface area contributed by atoms with Gasteiger partial charge in [0.15, 0.2) is 0 Å². The van der Waals surface area contributed by atoms with Crippen molar-refractivity contribution in [3.8, 4) is 0 Å². The SMILES string of the molecule is CN[C@H](C)c1cc(C(F)(F)F)cc(C(F)(F)F)c1.C[C@H](OS(C)(=O)=O)c1cc(C(F)(F)F)cc(C(F)(F)F)c1. The van der Waals surface area contributed by atoms with E-state index < -0.39 is 74.8 Å². The Kier molecular flexibility index (Phi) is 10.5. The third-order valence-electron chi connectivity index (χ3n) is 4.94. The molecule has 0 fully saturated rings. The number of nitrogens with one attached hydrogen (secondary N) is 1. The Balaban J connectivity index is 0.000000395. The van der Waals surface area contributed by atoms with Crippen LogP contribution in [0.25, 0.3) is 0 Å². The highest BCUT2D eigenvalue weighted by molar-refractivity contribution is 7.86. The minimum absolute atomic E-state index is 0.0450. The molecule has 0 unspecified atom stereocenters. The molecule has 222 valence electrons. The lowest BCUT2D eigenvalue weighted by Gasteiger charge is -2.17. The van der Waals surface area contributed by atoms with E-state index in [0.29, 0.717) is 18.4 Å². The molecule has 0 heterocycles. The van der Waals surface area contributed by atoms with Gasteiger partial charge < -0.3 is 5.32 Å². The van der Waals surface area contributed by atoms with Gasteiger partial charge in [-0.15, -0.1) is 0 Å². The lowest BCUT2D eigenvalue weighted by Crippen LogP contribution is -2.17. The molecule has 2 atom stereocenters. The second kappa shape index (κ2) is 11.9. The van der Waals surface area contributed by atoms with Gasteiger partial charge in [-0.1, -0.05) is 0 Å². The van der Waals surface area contributed by atoms with Crippen LogP contribution in [0.4, 0.5) is 52.7 Å². The molecular formula is C22H21F12NO3S. The van der Waals surface area contributed by atoms with E-state index in [-0.39, 0.29) is 17.7 Å². The summed E-state index contributed by atoms with van der Waals surface area (Å²) in [6.07, 6.45) is -20.4. The van der Waals surface area contributed by atoms with Crippen molar-refractivity contribution in [3.05, 3.63) is 69.8 Å². The molecule has 2 aromatic carbocycles. The molecular weight excluding hydrogens is 586 g/mol. The summed E-state index contributed by atoms with van der Waals surface area (Å²) in [7, 11) is -2.57. The van der Waals surface area contributed by atoms with Crippen molar-refractivity contribution in [2.45, 2.75) is 50.7 Å². The largest absolute Gasteiger partial charge is 0.416 e. The smallest absolute Gasteiger partial charge is 0.313 e.